The smallest absolute Gasteiger partial charge is 0.167 e. The summed E-state index contributed by atoms with van der Waals surface area (Å²) in [4.78, 5) is 8.42. The van der Waals surface area contributed by atoms with E-state index >= 15 is 0 Å². The fourth-order valence-electron chi connectivity index (χ4n) is 1.51. The summed E-state index contributed by atoms with van der Waals surface area (Å²) < 4.78 is 1.96. The Kier molecular flexibility index (Phi) is 3.26. The lowest BCUT2D eigenvalue weighted by Gasteiger charge is -2.06. The number of hydrogen-bond acceptors (Lipinski definition) is 3. The highest BCUT2D eigenvalue weighted by atomic mass is 32.1. The molecule has 2 N–H and O–H groups in total. The molecule has 0 saturated carbocycles. The first-order valence-electron chi connectivity index (χ1n) is 4.97. The Morgan fingerprint density at radius 1 is 1.31 bits per heavy atom. The molecule has 0 amide bonds. The molecule has 0 aliphatic rings. The average Bonchev–Trinajstić information content (AvgIpc) is 2.76. The van der Waals surface area contributed by atoms with Gasteiger partial charge in [0.05, 0.1) is 0 Å². The van der Waals surface area contributed by atoms with Crippen molar-refractivity contribution < 1.29 is 0 Å². The van der Waals surface area contributed by atoms with Gasteiger partial charge in [-0.1, -0.05) is 12.2 Å². The van der Waals surface area contributed by atoms with E-state index in [1.165, 1.54) is 5.56 Å². The number of nitrogens with zero attached hydrogens (tertiary/aromatic N) is 3. The molecule has 0 aliphatic carbocycles. The molecule has 0 spiro atoms. The molecule has 0 fully saturated rings. The Balaban J connectivity index is 2.05. The first-order valence-corrected chi connectivity index (χ1v) is 5.38. The Morgan fingerprint density at radius 3 is 2.75 bits per heavy atom. The highest BCUT2D eigenvalue weighted by Crippen LogP contribution is 2.03. The molecule has 0 atom stereocenters. The minimum atomic E-state index is 0.333. The van der Waals surface area contributed by atoms with Crippen LogP contribution in [-0.2, 0) is 13.0 Å². The highest BCUT2D eigenvalue weighted by molar-refractivity contribution is 7.80. The summed E-state index contributed by atoms with van der Waals surface area (Å²) >= 11 is 4.92. The molecule has 2 rings (SSSR count). The Bertz CT molecular complexity index is 478. The van der Waals surface area contributed by atoms with Crippen molar-refractivity contribution in [3.63, 3.8) is 0 Å². The number of imidazole rings is 1. The molecule has 4 nitrogen and oxygen atoms in total. The largest absolute Gasteiger partial charge is 0.387 e. The van der Waals surface area contributed by atoms with Crippen LogP contribution >= 0.6 is 12.2 Å². The van der Waals surface area contributed by atoms with Crippen molar-refractivity contribution >= 4 is 17.2 Å². The van der Waals surface area contributed by atoms with Crippen molar-refractivity contribution in [3.8, 4) is 0 Å². The number of nitrogens with two attached hydrogens (primary N) is 1. The van der Waals surface area contributed by atoms with Gasteiger partial charge in [-0.05, 0) is 24.1 Å². The maximum absolute atomic E-state index is 5.57. The van der Waals surface area contributed by atoms with Crippen LogP contribution in [0.1, 0.15) is 11.4 Å². The van der Waals surface area contributed by atoms with E-state index in [0.29, 0.717) is 10.8 Å². The third-order valence-corrected chi connectivity index (χ3v) is 2.51. The number of thiocarbonyl (C=S) groups is 1. The fraction of sp³-hybridized carbons (Fsp3) is 0.182. The second kappa shape index (κ2) is 4.85. The van der Waals surface area contributed by atoms with Crippen molar-refractivity contribution in [3.05, 3.63) is 48.3 Å². The van der Waals surface area contributed by atoms with E-state index in [-0.39, 0.29) is 0 Å². The molecule has 2 aromatic rings. The number of hydrogen-bond donors (Lipinski definition) is 1. The number of rotatable bonds is 4. The second-order valence-electron chi connectivity index (χ2n) is 3.41. The van der Waals surface area contributed by atoms with Gasteiger partial charge >= 0.3 is 0 Å². The molecule has 2 aromatic heterocycles. The number of aromatic nitrogens is 3. The quantitative estimate of drug-likeness (QED) is 0.804. The van der Waals surface area contributed by atoms with E-state index in [1.54, 1.807) is 18.6 Å². The van der Waals surface area contributed by atoms with Crippen LogP contribution in [0.15, 0.2) is 36.9 Å². The predicted octanol–water partition coefficient (Wildman–Crippen LogP) is 1.16. The molecular formula is C11H12N4S. The van der Waals surface area contributed by atoms with Crippen LogP contribution in [0.4, 0.5) is 0 Å². The molecule has 0 aliphatic heterocycles. The van der Waals surface area contributed by atoms with E-state index in [4.69, 9.17) is 18.0 Å². The van der Waals surface area contributed by atoms with E-state index in [0.717, 1.165) is 13.0 Å². The first kappa shape index (κ1) is 10.8. The average molecular weight is 232 g/mol. The van der Waals surface area contributed by atoms with Gasteiger partial charge in [-0.15, -0.1) is 0 Å². The zero-order valence-electron chi connectivity index (χ0n) is 8.71. The van der Waals surface area contributed by atoms with E-state index < -0.39 is 0 Å². The molecular weight excluding hydrogens is 220 g/mol. The maximum Gasteiger partial charge on any atom is 0.167 e. The predicted molar refractivity (Wildman–Crippen MR) is 66.1 cm³/mol. The Morgan fingerprint density at radius 2 is 2.06 bits per heavy atom. The lowest BCUT2D eigenvalue weighted by atomic mass is 10.2. The molecule has 0 radical (unpaired) electrons. The normalized spacial score (nSPS) is 10.2. The third kappa shape index (κ3) is 2.43. The van der Waals surface area contributed by atoms with Gasteiger partial charge < -0.3 is 10.3 Å². The molecule has 16 heavy (non-hydrogen) atoms. The monoisotopic (exact) mass is 232 g/mol. The van der Waals surface area contributed by atoms with E-state index in [2.05, 4.69) is 9.97 Å². The second-order valence-corrected chi connectivity index (χ2v) is 3.85. The van der Waals surface area contributed by atoms with Gasteiger partial charge in [0.1, 0.15) is 4.99 Å². The molecule has 0 unspecified atom stereocenters. The summed E-state index contributed by atoms with van der Waals surface area (Å²) in [5, 5.41) is 0. The zero-order valence-corrected chi connectivity index (χ0v) is 9.52. The summed E-state index contributed by atoms with van der Waals surface area (Å²) in [5.41, 5.74) is 6.80. The van der Waals surface area contributed by atoms with Crippen molar-refractivity contribution in [1.82, 2.24) is 14.5 Å². The van der Waals surface area contributed by atoms with Crippen LogP contribution in [0.25, 0.3) is 0 Å². The van der Waals surface area contributed by atoms with E-state index in [1.807, 2.05) is 22.9 Å². The molecule has 5 heteroatoms. The number of aryl methyl sites for hydroxylation is 2. The van der Waals surface area contributed by atoms with Crippen LogP contribution in [-0.4, -0.2) is 19.5 Å². The van der Waals surface area contributed by atoms with Crippen molar-refractivity contribution in [2.45, 2.75) is 13.0 Å². The lowest BCUT2D eigenvalue weighted by Crippen LogP contribution is -2.17. The van der Waals surface area contributed by atoms with Crippen LogP contribution in [0.5, 0.6) is 0 Å². The van der Waals surface area contributed by atoms with Gasteiger partial charge in [0.25, 0.3) is 0 Å². The SMILES string of the molecule is NC(=S)c1nccn1CCc1ccncc1. The molecule has 0 aromatic carbocycles. The van der Waals surface area contributed by atoms with Crippen LogP contribution < -0.4 is 5.73 Å². The van der Waals surface area contributed by atoms with Gasteiger partial charge in [-0.2, -0.15) is 0 Å². The number of pyridine rings is 1. The summed E-state index contributed by atoms with van der Waals surface area (Å²) in [6, 6.07) is 3.99. The Hall–Kier alpha value is -1.75. The summed E-state index contributed by atoms with van der Waals surface area (Å²) in [6.07, 6.45) is 8.08. The van der Waals surface area contributed by atoms with Crippen molar-refractivity contribution in [1.29, 1.82) is 0 Å². The zero-order chi connectivity index (χ0) is 11.4. The third-order valence-electron chi connectivity index (χ3n) is 2.33. The van der Waals surface area contributed by atoms with Crippen molar-refractivity contribution in [2.75, 3.05) is 0 Å². The summed E-state index contributed by atoms with van der Waals surface area (Å²) in [7, 11) is 0. The van der Waals surface area contributed by atoms with Crippen LogP contribution in [0, 0.1) is 0 Å². The van der Waals surface area contributed by atoms with Gasteiger partial charge in [0.15, 0.2) is 5.82 Å². The summed E-state index contributed by atoms with van der Waals surface area (Å²) in [6.45, 7) is 0.816. The molecule has 2 heterocycles. The molecule has 0 bridgehead atoms. The fourth-order valence-corrected chi connectivity index (χ4v) is 1.68. The standard InChI is InChI=1S/C11H12N4S/c12-10(16)11-14-6-8-15(11)7-3-9-1-4-13-5-2-9/h1-2,4-6,8H,3,7H2,(H2,12,16). The van der Waals surface area contributed by atoms with Crippen LogP contribution in [0.3, 0.4) is 0 Å². The minimum Gasteiger partial charge on any atom is -0.387 e. The molecule has 82 valence electrons. The lowest BCUT2D eigenvalue weighted by molar-refractivity contribution is 0.689. The van der Waals surface area contributed by atoms with Gasteiger partial charge in [0.2, 0.25) is 0 Å². The molecule has 0 saturated heterocycles. The highest BCUT2D eigenvalue weighted by Gasteiger charge is 2.04. The summed E-state index contributed by atoms with van der Waals surface area (Å²) in [5.74, 6) is 0.670. The topological polar surface area (TPSA) is 56.7 Å². The van der Waals surface area contributed by atoms with Gasteiger partial charge in [0, 0.05) is 31.3 Å². The van der Waals surface area contributed by atoms with Gasteiger partial charge in [-0.25, -0.2) is 4.98 Å². The van der Waals surface area contributed by atoms with E-state index in [9.17, 15) is 0 Å². The Labute approximate surface area is 99.1 Å². The van der Waals surface area contributed by atoms with Gasteiger partial charge in [-0.3, -0.25) is 4.98 Å². The van der Waals surface area contributed by atoms with Crippen LogP contribution in [0.2, 0.25) is 0 Å². The minimum absolute atomic E-state index is 0.333. The first-order chi connectivity index (χ1) is 7.77. The maximum atomic E-state index is 5.57. The van der Waals surface area contributed by atoms with Crippen molar-refractivity contribution in [2.24, 2.45) is 5.73 Å².